The Bertz CT molecular complexity index is 169. The van der Waals surface area contributed by atoms with E-state index in [1.54, 1.807) is 0 Å². The van der Waals surface area contributed by atoms with Crippen LogP contribution in [0.2, 0.25) is 5.32 Å². The van der Waals surface area contributed by atoms with Crippen LogP contribution in [-0.4, -0.2) is 15.0 Å². The van der Waals surface area contributed by atoms with Gasteiger partial charge in [0.2, 0.25) is 0 Å². The van der Waals surface area contributed by atoms with Gasteiger partial charge in [0.15, 0.2) is 0 Å². The van der Waals surface area contributed by atoms with E-state index in [-0.39, 0.29) is 0 Å². The van der Waals surface area contributed by atoms with E-state index in [1.807, 2.05) is 0 Å². The Morgan fingerprint density at radius 1 is 1.20 bits per heavy atom. The molecule has 0 unspecified atom stereocenters. The first kappa shape index (κ1) is 7.84. The van der Waals surface area contributed by atoms with Gasteiger partial charge in [0, 0.05) is 0 Å². The van der Waals surface area contributed by atoms with Crippen LogP contribution in [0.4, 0.5) is 0 Å². The van der Waals surface area contributed by atoms with E-state index < -0.39 is 0 Å². The molecule has 1 aromatic rings. The molecular formula is C9H12Se. The molecule has 0 nitrogen and oxygen atoms in total. The normalized spacial score (nSPS) is 9.70. The summed E-state index contributed by atoms with van der Waals surface area (Å²) in [5.74, 6) is 0. The molecule has 0 saturated heterocycles. The van der Waals surface area contributed by atoms with Crippen molar-refractivity contribution in [2.75, 3.05) is 0 Å². The van der Waals surface area contributed by atoms with Crippen LogP contribution in [0.5, 0.6) is 0 Å². The third-order valence-corrected chi connectivity index (χ3v) is 3.30. The second kappa shape index (κ2) is 4.54. The van der Waals surface area contributed by atoms with Crippen molar-refractivity contribution < 1.29 is 0 Å². The Morgan fingerprint density at radius 3 is 2.50 bits per heavy atom. The molecule has 10 heavy (non-hydrogen) atoms. The molecule has 1 rings (SSSR count). The molecule has 0 saturated carbocycles. The topological polar surface area (TPSA) is 0 Å². The molecule has 0 radical (unpaired) electrons. The summed E-state index contributed by atoms with van der Waals surface area (Å²) in [5, 5.41) is 2.65. The molecule has 0 spiro atoms. The van der Waals surface area contributed by atoms with Gasteiger partial charge in [0.05, 0.1) is 0 Å². The van der Waals surface area contributed by atoms with E-state index in [2.05, 4.69) is 37.3 Å². The molecule has 0 amide bonds. The predicted molar refractivity (Wildman–Crippen MR) is 46.4 cm³/mol. The van der Waals surface area contributed by atoms with Crippen LogP contribution < -0.4 is 0 Å². The maximum atomic E-state index is 2.25. The van der Waals surface area contributed by atoms with E-state index in [0.29, 0.717) is 0 Å². The first-order chi connectivity index (χ1) is 4.93. The summed E-state index contributed by atoms with van der Waals surface area (Å²) < 4.78 is 0. The summed E-state index contributed by atoms with van der Waals surface area (Å²) in [5.41, 5.74) is 1.49. The molecule has 0 bridgehead atoms. The van der Waals surface area contributed by atoms with Gasteiger partial charge in [-0.3, -0.25) is 0 Å². The van der Waals surface area contributed by atoms with Crippen LogP contribution in [0.3, 0.4) is 0 Å². The first-order valence-corrected chi connectivity index (χ1v) is 5.97. The predicted octanol–water partition coefficient (Wildman–Crippen LogP) is 2.33. The van der Waals surface area contributed by atoms with Crippen LogP contribution >= 0.6 is 0 Å². The molecule has 0 atom stereocenters. The molecular weight excluding hydrogens is 187 g/mol. The fraction of sp³-hybridized carbons (Fsp3) is 0.333. The molecule has 0 fully saturated rings. The van der Waals surface area contributed by atoms with Gasteiger partial charge in [-0.25, -0.2) is 0 Å². The summed E-state index contributed by atoms with van der Waals surface area (Å²) in [4.78, 5) is 0. The van der Waals surface area contributed by atoms with E-state index in [4.69, 9.17) is 0 Å². The minimum absolute atomic E-state index is 0.821. The molecule has 1 aromatic carbocycles. The van der Waals surface area contributed by atoms with Crippen molar-refractivity contribution in [3.05, 3.63) is 35.9 Å². The monoisotopic (exact) mass is 200 g/mol. The zero-order chi connectivity index (χ0) is 7.23. The number of benzene rings is 1. The van der Waals surface area contributed by atoms with Gasteiger partial charge in [-0.05, 0) is 0 Å². The Labute approximate surface area is 68.8 Å². The maximum absolute atomic E-state index is 2.25. The van der Waals surface area contributed by atoms with Crippen molar-refractivity contribution in [3.8, 4) is 0 Å². The van der Waals surface area contributed by atoms with Gasteiger partial charge in [0.25, 0.3) is 0 Å². The van der Waals surface area contributed by atoms with Crippen LogP contribution in [0, 0.1) is 0 Å². The van der Waals surface area contributed by atoms with Gasteiger partial charge < -0.3 is 0 Å². The van der Waals surface area contributed by atoms with Gasteiger partial charge >= 0.3 is 68.4 Å². The van der Waals surface area contributed by atoms with Crippen LogP contribution in [0.25, 0.3) is 0 Å². The van der Waals surface area contributed by atoms with Gasteiger partial charge in [-0.2, -0.15) is 0 Å². The molecule has 0 aliphatic carbocycles. The van der Waals surface area contributed by atoms with E-state index in [9.17, 15) is 0 Å². The number of hydrogen-bond donors (Lipinski definition) is 0. The van der Waals surface area contributed by atoms with E-state index in [0.717, 1.165) is 15.0 Å². The zero-order valence-corrected chi connectivity index (χ0v) is 7.92. The Morgan fingerprint density at radius 2 is 1.90 bits per heavy atom. The van der Waals surface area contributed by atoms with Gasteiger partial charge in [-0.15, -0.1) is 0 Å². The third-order valence-electron chi connectivity index (χ3n) is 1.32. The first-order valence-electron chi connectivity index (χ1n) is 3.55. The quantitative estimate of drug-likeness (QED) is 0.655. The van der Waals surface area contributed by atoms with Crippen molar-refractivity contribution in [2.24, 2.45) is 0 Å². The van der Waals surface area contributed by atoms with Crippen LogP contribution in [0.1, 0.15) is 12.5 Å². The molecule has 0 aliphatic rings. The summed E-state index contributed by atoms with van der Waals surface area (Å²) >= 11 is 0.821. The summed E-state index contributed by atoms with van der Waals surface area (Å²) in [7, 11) is 0. The van der Waals surface area contributed by atoms with Crippen molar-refractivity contribution in [1.82, 2.24) is 0 Å². The van der Waals surface area contributed by atoms with E-state index in [1.165, 1.54) is 16.2 Å². The summed E-state index contributed by atoms with van der Waals surface area (Å²) in [6.07, 6.45) is 0. The fourth-order valence-corrected chi connectivity index (χ4v) is 2.12. The third kappa shape index (κ3) is 2.55. The van der Waals surface area contributed by atoms with Crippen LogP contribution in [-0.2, 0) is 5.32 Å². The van der Waals surface area contributed by atoms with Gasteiger partial charge in [-0.1, -0.05) is 0 Å². The summed E-state index contributed by atoms with van der Waals surface area (Å²) in [6, 6.07) is 10.7. The van der Waals surface area contributed by atoms with Gasteiger partial charge in [0.1, 0.15) is 0 Å². The number of rotatable bonds is 3. The van der Waals surface area contributed by atoms with Crippen molar-refractivity contribution in [2.45, 2.75) is 17.6 Å². The molecule has 0 aromatic heterocycles. The van der Waals surface area contributed by atoms with Crippen molar-refractivity contribution >= 4 is 15.0 Å². The van der Waals surface area contributed by atoms with E-state index >= 15 is 0 Å². The van der Waals surface area contributed by atoms with Crippen LogP contribution in [0.15, 0.2) is 30.3 Å². The Hall–Kier alpha value is -0.261. The Balaban J connectivity index is 2.43. The zero-order valence-electron chi connectivity index (χ0n) is 6.21. The number of hydrogen-bond acceptors (Lipinski definition) is 0. The van der Waals surface area contributed by atoms with Crippen molar-refractivity contribution in [3.63, 3.8) is 0 Å². The second-order valence-electron chi connectivity index (χ2n) is 2.12. The fourth-order valence-electron chi connectivity index (χ4n) is 0.794. The standard InChI is InChI=1S/C9H12Se/c1-2-10-8-9-6-4-3-5-7-9/h3-7H,2,8H2,1H3. The average Bonchev–Trinajstić information content (AvgIpc) is 2.03. The average molecular weight is 199 g/mol. The molecule has 0 heterocycles. The van der Waals surface area contributed by atoms with Crippen molar-refractivity contribution in [1.29, 1.82) is 0 Å². The summed E-state index contributed by atoms with van der Waals surface area (Å²) in [6.45, 7) is 2.25. The SMILES string of the molecule is CC[Se]Cc1ccccc1. The second-order valence-corrected chi connectivity index (χ2v) is 4.80. The molecule has 1 heteroatoms. The molecule has 0 N–H and O–H groups in total. The molecule has 0 aliphatic heterocycles. The molecule has 54 valence electrons. The minimum atomic E-state index is 0.821. The Kier molecular flexibility index (Phi) is 3.56.